The molecule has 10 heteroatoms. The molecule has 4 aromatic rings. The normalized spacial score (nSPS) is 16.0. The molecule has 3 aromatic carbocycles. The maximum atomic E-state index is 13.8. The first-order valence-corrected chi connectivity index (χ1v) is 14.3. The molecular weight excluding hydrogens is 572 g/mol. The molecule has 0 bridgehead atoms. The average molecular weight is 600 g/mol. The van der Waals surface area contributed by atoms with Gasteiger partial charge in [-0.05, 0) is 64.7 Å². The third-order valence-corrected chi connectivity index (χ3v) is 9.28. The number of carbonyl (C=O) groups is 1. The van der Waals surface area contributed by atoms with Gasteiger partial charge in [0.05, 0.1) is 42.0 Å². The predicted molar refractivity (Wildman–Crippen MR) is 147 cm³/mol. The van der Waals surface area contributed by atoms with E-state index in [1.165, 1.54) is 18.2 Å². The zero-order valence-corrected chi connectivity index (χ0v) is 23.3. The van der Waals surface area contributed by atoms with Gasteiger partial charge in [-0.15, -0.1) is 0 Å². The second-order valence-corrected chi connectivity index (χ2v) is 11.6. The van der Waals surface area contributed by atoms with Crippen molar-refractivity contribution in [2.45, 2.75) is 23.8 Å². The third-order valence-electron chi connectivity index (χ3n) is 6.87. The molecule has 1 aliphatic rings. The SMILES string of the molecule is COc1ccc(Br)c(C(=O)N2CCc3c(n(S(=O)(=O)c4ccccc4)c4ccccc34)C(O)CC2)c1OC. The molecule has 1 atom stereocenters. The quantitative estimate of drug-likeness (QED) is 0.355. The topological polar surface area (TPSA) is 98.1 Å². The molecule has 1 amide bonds. The Morgan fingerprint density at radius 2 is 1.68 bits per heavy atom. The number of amides is 1. The number of benzene rings is 3. The summed E-state index contributed by atoms with van der Waals surface area (Å²) in [5, 5.41) is 12.1. The minimum atomic E-state index is -3.98. The van der Waals surface area contributed by atoms with Crippen LogP contribution in [0.4, 0.5) is 0 Å². The Morgan fingerprint density at radius 3 is 2.39 bits per heavy atom. The van der Waals surface area contributed by atoms with E-state index in [9.17, 15) is 18.3 Å². The summed E-state index contributed by atoms with van der Waals surface area (Å²) in [4.78, 5) is 15.5. The fourth-order valence-corrected chi connectivity index (χ4v) is 7.19. The van der Waals surface area contributed by atoms with E-state index < -0.39 is 16.1 Å². The second kappa shape index (κ2) is 10.4. The number of aliphatic hydroxyl groups excluding tert-OH is 1. The summed E-state index contributed by atoms with van der Waals surface area (Å²) in [5.41, 5.74) is 1.89. The van der Waals surface area contributed by atoms with Gasteiger partial charge in [0.15, 0.2) is 11.5 Å². The standard InChI is InChI=1S/C28H27BrN2O6S/c1-36-24-13-12-21(29)25(27(24)37-2)28(33)30-16-14-20-19-10-6-7-11-22(19)31(26(20)23(32)15-17-30)38(34,35)18-8-4-3-5-9-18/h3-13,23,32H,14-17H2,1-2H3. The molecule has 0 saturated heterocycles. The molecule has 0 radical (unpaired) electrons. The Morgan fingerprint density at radius 1 is 0.974 bits per heavy atom. The lowest BCUT2D eigenvalue weighted by atomic mass is 10.00. The van der Waals surface area contributed by atoms with Crippen molar-refractivity contribution in [3.8, 4) is 11.5 Å². The van der Waals surface area contributed by atoms with Gasteiger partial charge in [0.2, 0.25) is 0 Å². The summed E-state index contributed by atoms with van der Waals surface area (Å²) < 4.78 is 40.3. The van der Waals surface area contributed by atoms with E-state index >= 15 is 0 Å². The molecule has 0 spiro atoms. The molecule has 0 aliphatic carbocycles. The molecule has 8 nitrogen and oxygen atoms in total. The molecule has 2 heterocycles. The van der Waals surface area contributed by atoms with Gasteiger partial charge in [-0.3, -0.25) is 4.79 Å². The van der Waals surface area contributed by atoms with Gasteiger partial charge in [0.25, 0.3) is 15.9 Å². The molecule has 5 rings (SSSR count). The number of fused-ring (bicyclic) bond motifs is 3. The van der Waals surface area contributed by atoms with Crippen molar-refractivity contribution in [3.05, 3.63) is 88.0 Å². The fourth-order valence-electron chi connectivity index (χ4n) is 5.09. The number of rotatable bonds is 5. The highest BCUT2D eigenvalue weighted by atomic mass is 79.9. The molecule has 198 valence electrons. The largest absolute Gasteiger partial charge is 0.493 e. The van der Waals surface area contributed by atoms with Crippen molar-refractivity contribution in [3.63, 3.8) is 0 Å². The summed E-state index contributed by atoms with van der Waals surface area (Å²) in [7, 11) is -0.994. The second-order valence-electron chi connectivity index (χ2n) is 8.97. The van der Waals surface area contributed by atoms with Crippen LogP contribution in [-0.2, 0) is 16.4 Å². The van der Waals surface area contributed by atoms with Gasteiger partial charge in [0.1, 0.15) is 0 Å². The number of hydrogen-bond acceptors (Lipinski definition) is 6. The number of nitrogens with zero attached hydrogens (tertiary/aromatic N) is 2. The summed E-state index contributed by atoms with van der Waals surface area (Å²) in [5.74, 6) is 0.479. The zero-order chi connectivity index (χ0) is 27.0. The number of aliphatic hydroxyl groups is 1. The van der Waals surface area contributed by atoms with Crippen LogP contribution < -0.4 is 9.47 Å². The molecule has 1 N–H and O–H groups in total. The fraction of sp³-hybridized carbons (Fsp3) is 0.250. The first-order chi connectivity index (χ1) is 18.3. The van der Waals surface area contributed by atoms with E-state index in [0.29, 0.717) is 51.3 Å². The number of aromatic nitrogens is 1. The Labute approximate surface area is 229 Å². The first-order valence-electron chi connectivity index (χ1n) is 12.1. The molecule has 1 unspecified atom stereocenters. The van der Waals surface area contributed by atoms with Crippen LogP contribution in [-0.4, -0.2) is 55.6 Å². The van der Waals surface area contributed by atoms with Crippen molar-refractivity contribution in [1.29, 1.82) is 0 Å². The lowest BCUT2D eigenvalue weighted by Crippen LogP contribution is -2.37. The molecular formula is C28H27BrN2O6S. The van der Waals surface area contributed by atoms with Crippen LogP contribution in [0.5, 0.6) is 11.5 Å². The van der Waals surface area contributed by atoms with Crippen LogP contribution in [0.3, 0.4) is 0 Å². The van der Waals surface area contributed by atoms with Crippen LogP contribution in [0.15, 0.2) is 76.1 Å². The van der Waals surface area contributed by atoms with E-state index in [0.717, 1.165) is 5.39 Å². The highest BCUT2D eigenvalue weighted by Gasteiger charge is 2.33. The Bertz CT molecular complexity index is 1620. The highest BCUT2D eigenvalue weighted by molar-refractivity contribution is 9.10. The molecule has 0 fully saturated rings. The van der Waals surface area contributed by atoms with Crippen molar-refractivity contribution in [2.24, 2.45) is 0 Å². The maximum Gasteiger partial charge on any atom is 0.268 e. The zero-order valence-electron chi connectivity index (χ0n) is 20.9. The van der Waals surface area contributed by atoms with Gasteiger partial charge < -0.3 is 19.5 Å². The van der Waals surface area contributed by atoms with E-state index in [1.807, 2.05) is 12.1 Å². The lowest BCUT2D eigenvalue weighted by molar-refractivity contribution is 0.0698. The summed E-state index contributed by atoms with van der Waals surface area (Å²) >= 11 is 3.47. The minimum Gasteiger partial charge on any atom is -0.493 e. The summed E-state index contributed by atoms with van der Waals surface area (Å²) in [6.45, 7) is 0.546. The van der Waals surface area contributed by atoms with Crippen LogP contribution >= 0.6 is 15.9 Å². The Hall–Kier alpha value is -3.34. The maximum absolute atomic E-state index is 13.8. The van der Waals surface area contributed by atoms with Crippen molar-refractivity contribution in [2.75, 3.05) is 27.3 Å². The van der Waals surface area contributed by atoms with E-state index in [2.05, 4.69) is 15.9 Å². The summed E-state index contributed by atoms with van der Waals surface area (Å²) in [6, 6.07) is 18.9. The average Bonchev–Trinajstić information content (AvgIpc) is 3.26. The number of carbonyl (C=O) groups excluding carboxylic acids is 1. The number of para-hydroxylation sites is 1. The van der Waals surface area contributed by atoms with Crippen molar-refractivity contribution < 1.29 is 27.8 Å². The monoisotopic (exact) mass is 598 g/mol. The lowest BCUT2D eigenvalue weighted by Gasteiger charge is -2.29. The van der Waals surface area contributed by atoms with Crippen molar-refractivity contribution in [1.82, 2.24) is 8.87 Å². The smallest absolute Gasteiger partial charge is 0.268 e. The molecule has 1 aromatic heterocycles. The molecule has 1 aliphatic heterocycles. The van der Waals surface area contributed by atoms with Crippen molar-refractivity contribution >= 4 is 42.8 Å². The van der Waals surface area contributed by atoms with Gasteiger partial charge >= 0.3 is 0 Å². The van der Waals surface area contributed by atoms with Gasteiger partial charge in [-0.25, -0.2) is 12.4 Å². The first kappa shape index (κ1) is 26.3. The Kier molecular flexibility index (Phi) is 7.21. The highest BCUT2D eigenvalue weighted by Crippen LogP contribution is 2.39. The third kappa shape index (κ3) is 4.36. The van der Waals surface area contributed by atoms with Crippen LogP contribution in [0.2, 0.25) is 0 Å². The van der Waals surface area contributed by atoms with Gasteiger partial charge in [-0.2, -0.15) is 0 Å². The van der Waals surface area contributed by atoms with E-state index in [-0.39, 0.29) is 23.8 Å². The van der Waals surface area contributed by atoms with Crippen LogP contribution in [0, 0.1) is 0 Å². The Balaban J connectivity index is 1.60. The van der Waals surface area contributed by atoms with Gasteiger partial charge in [-0.1, -0.05) is 36.4 Å². The summed E-state index contributed by atoms with van der Waals surface area (Å²) in [6.07, 6.45) is -0.592. The van der Waals surface area contributed by atoms with E-state index in [1.54, 1.807) is 59.5 Å². The van der Waals surface area contributed by atoms with Crippen LogP contribution in [0.1, 0.15) is 34.1 Å². The molecule has 38 heavy (non-hydrogen) atoms. The number of methoxy groups -OCH3 is 2. The van der Waals surface area contributed by atoms with Gasteiger partial charge in [0, 0.05) is 22.9 Å². The number of ether oxygens (including phenoxy) is 2. The molecule has 0 saturated carbocycles. The predicted octanol–water partition coefficient (Wildman–Crippen LogP) is 4.78. The minimum absolute atomic E-state index is 0.143. The number of halogens is 1. The number of hydrogen-bond donors (Lipinski definition) is 1. The van der Waals surface area contributed by atoms with E-state index in [4.69, 9.17) is 9.47 Å². The van der Waals surface area contributed by atoms with Crippen LogP contribution in [0.25, 0.3) is 10.9 Å².